The first-order chi connectivity index (χ1) is 22.0. The number of aryl methyl sites for hydroxylation is 1. The summed E-state index contributed by atoms with van der Waals surface area (Å²) in [5, 5.41) is 6.94. The highest BCUT2D eigenvalue weighted by Crippen LogP contribution is 2.48. The molecule has 13 heteroatoms. The lowest BCUT2D eigenvalue weighted by molar-refractivity contribution is -0.107. The van der Waals surface area contributed by atoms with Crippen LogP contribution in [-0.2, 0) is 17.3 Å². The summed E-state index contributed by atoms with van der Waals surface area (Å²) in [6, 6.07) is 5.06. The average Bonchev–Trinajstić information content (AvgIpc) is 3.03. The molecule has 2 aromatic heterocycles. The molecule has 2 aliphatic rings. The van der Waals surface area contributed by atoms with Crippen molar-refractivity contribution in [2.24, 2.45) is 5.92 Å². The third kappa shape index (κ3) is 7.92. The Labute approximate surface area is 268 Å². The molecule has 2 aliphatic heterocycles. The van der Waals surface area contributed by atoms with Crippen molar-refractivity contribution >= 4 is 33.7 Å². The van der Waals surface area contributed by atoms with Crippen molar-refractivity contribution in [1.29, 1.82) is 0 Å². The Morgan fingerprint density at radius 1 is 1.15 bits per heavy atom. The molecule has 2 saturated heterocycles. The minimum atomic E-state index is -3.32. The molecule has 46 heavy (non-hydrogen) atoms. The van der Waals surface area contributed by atoms with Gasteiger partial charge in [0.05, 0.1) is 17.0 Å². The van der Waals surface area contributed by atoms with Gasteiger partial charge in [0.1, 0.15) is 29.9 Å². The van der Waals surface area contributed by atoms with Gasteiger partial charge >= 0.3 is 0 Å². The van der Waals surface area contributed by atoms with E-state index in [1.165, 1.54) is 18.5 Å². The first kappa shape index (κ1) is 34.3. The van der Waals surface area contributed by atoms with E-state index in [0.29, 0.717) is 67.5 Å². The van der Waals surface area contributed by atoms with Crippen LogP contribution in [-0.4, -0.2) is 54.5 Å². The number of nitrogens with zero attached hydrogens (tertiary/aromatic N) is 3. The third-order valence-electron chi connectivity index (χ3n) is 9.46. The number of halogens is 3. The molecule has 0 saturated carbocycles. The fourth-order valence-corrected chi connectivity index (χ4v) is 8.20. The van der Waals surface area contributed by atoms with Crippen LogP contribution in [0.5, 0.6) is 0 Å². The maximum atomic E-state index is 15.8. The number of fused-ring (bicyclic) bond motifs is 1. The summed E-state index contributed by atoms with van der Waals surface area (Å²) in [5.41, 5.74) is 0.0962. The van der Waals surface area contributed by atoms with Gasteiger partial charge in [-0.3, -0.25) is 18.5 Å². The maximum absolute atomic E-state index is 15.8. The number of aromatic nitrogens is 3. The van der Waals surface area contributed by atoms with Gasteiger partial charge < -0.3 is 15.4 Å². The lowest BCUT2D eigenvalue weighted by atomic mass is 9.89. The summed E-state index contributed by atoms with van der Waals surface area (Å²) in [7, 11) is -2.66. The molecular formula is C33H44F3N5O4S. The van der Waals surface area contributed by atoms with Gasteiger partial charge in [0.2, 0.25) is 0 Å². The van der Waals surface area contributed by atoms with E-state index >= 15 is 13.2 Å². The molecule has 2 fully saturated rings. The van der Waals surface area contributed by atoms with Gasteiger partial charge in [-0.15, -0.1) is 0 Å². The molecule has 0 amide bonds. The van der Waals surface area contributed by atoms with E-state index in [2.05, 4.69) is 20.6 Å². The van der Waals surface area contributed by atoms with E-state index in [1.807, 2.05) is 0 Å². The number of unbranched alkanes of at least 4 members (excludes halogenated alkanes) is 2. The SMILES string of the molecule is CC(Nc1ncnc2c1cc(C1CCS(O)(O)CC1)c(=O)n2CCCCC=O)c1cccc(C(F)(F)CCC2CCNCC2)c1F. The molecule has 3 aromatic rings. The number of nitrogens with one attached hydrogen (secondary N) is 2. The summed E-state index contributed by atoms with van der Waals surface area (Å²) >= 11 is 0. The quantitative estimate of drug-likeness (QED) is 0.114. The number of pyridine rings is 1. The molecule has 1 unspecified atom stereocenters. The molecule has 0 spiro atoms. The van der Waals surface area contributed by atoms with Crippen LogP contribution in [0.25, 0.3) is 11.0 Å². The monoisotopic (exact) mass is 663 g/mol. The molecule has 1 aromatic carbocycles. The van der Waals surface area contributed by atoms with Crippen LogP contribution in [0.15, 0.2) is 35.4 Å². The van der Waals surface area contributed by atoms with Gasteiger partial charge in [-0.1, -0.05) is 18.2 Å². The zero-order valence-electron chi connectivity index (χ0n) is 26.2. The largest absolute Gasteiger partial charge is 0.363 e. The summed E-state index contributed by atoms with van der Waals surface area (Å²) in [6.07, 6.45) is 6.13. The average molecular weight is 664 g/mol. The Kier molecular flexibility index (Phi) is 11.1. The third-order valence-corrected chi connectivity index (χ3v) is 11.2. The number of rotatable bonds is 13. The first-order valence-electron chi connectivity index (χ1n) is 16.2. The first-order valence-corrected chi connectivity index (χ1v) is 18.1. The van der Waals surface area contributed by atoms with Crippen molar-refractivity contribution in [2.45, 2.75) is 89.1 Å². The minimum absolute atomic E-state index is 0.0747. The zero-order valence-corrected chi connectivity index (χ0v) is 27.0. The van der Waals surface area contributed by atoms with Crippen LogP contribution in [0, 0.1) is 11.7 Å². The molecule has 0 aliphatic carbocycles. The highest BCUT2D eigenvalue weighted by atomic mass is 32.3. The van der Waals surface area contributed by atoms with Crippen molar-refractivity contribution < 1.29 is 27.1 Å². The number of benzene rings is 1. The van der Waals surface area contributed by atoms with Crippen molar-refractivity contribution in [1.82, 2.24) is 19.9 Å². The number of hydrogen-bond acceptors (Lipinski definition) is 8. The molecule has 4 heterocycles. The van der Waals surface area contributed by atoms with Gasteiger partial charge in [0, 0.05) is 42.0 Å². The molecule has 0 bridgehead atoms. The molecule has 1 atom stereocenters. The Balaban J connectivity index is 1.45. The number of aldehydes is 1. The van der Waals surface area contributed by atoms with Crippen molar-refractivity contribution in [3.05, 3.63) is 63.5 Å². The number of carbonyl (C=O) groups is 1. The van der Waals surface area contributed by atoms with E-state index in [0.717, 1.165) is 38.3 Å². The molecular weight excluding hydrogens is 619 g/mol. The van der Waals surface area contributed by atoms with Crippen molar-refractivity contribution in [3.8, 4) is 0 Å². The smallest absolute Gasteiger partial charge is 0.276 e. The number of anilines is 1. The summed E-state index contributed by atoms with van der Waals surface area (Å²) < 4.78 is 68.4. The topological polar surface area (TPSA) is 129 Å². The summed E-state index contributed by atoms with van der Waals surface area (Å²) in [5.74, 6) is -3.54. The highest BCUT2D eigenvalue weighted by molar-refractivity contribution is 8.24. The van der Waals surface area contributed by atoms with E-state index in [-0.39, 0.29) is 34.5 Å². The van der Waals surface area contributed by atoms with Gasteiger partial charge in [0.15, 0.2) is 0 Å². The fraction of sp³-hybridized carbons (Fsp3) is 0.576. The fourth-order valence-electron chi connectivity index (χ4n) is 6.68. The van der Waals surface area contributed by atoms with Crippen molar-refractivity contribution in [3.63, 3.8) is 0 Å². The van der Waals surface area contributed by atoms with Gasteiger partial charge in [0.25, 0.3) is 11.5 Å². The minimum Gasteiger partial charge on any atom is -0.363 e. The predicted octanol–water partition coefficient (Wildman–Crippen LogP) is 6.97. The van der Waals surface area contributed by atoms with Gasteiger partial charge in [-0.05, 0) is 82.9 Å². The number of alkyl halides is 2. The Hall–Kier alpha value is -3.00. The Morgan fingerprint density at radius 3 is 2.61 bits per heavy atom. The highest BCUT2D eigenvalue weighted by Gasteiger charge is 2.36. The predicted molar refractivity (Wildman–Crippen MR) is 175 cm³/mol. The summed E-state index contributed by atoms with van der Waals surface area (Å²) in [4.78, 5) is 33.4. The molecule has 252 valence electrons. The maximum Gasteiger partial charge on any atom is 0.276 e. The number of hydrogen-bond donors (Lipinski definition) is 4. The summed E-state index contributed by atoms with van der Waals surface area (Å²) in [6.45, 7) is 3.61. The zero-order chi connectivity index (χ0) is 32.9. The molecule has 9 nitrogen and oxygen atoms in total. The van der Waals surface area contributed by atoms with Crippen LogP contribution in [0.3, 0.4) is 0 Å². The standard InChI is InChI=1S/C33H44F3N5O4S/c1-22(25-6-5-7-28(29(25)34)33(35,36)13-8-23-9-14-37-15-10-23)40-30-27-20-26(24-11-18-46(44,45)19-12-24)32(43)41(16-3-2-4-17-42)31(27)39-21-38-30/h5-7,17,20-24,37,44-45H,2-4,8-16,18-19H2,1H3,(H,38,39,40). The van der Waals surface area contributed by atoms with E-state index < -0.39 is 40.4 Å². The van der Waals surface area contributed by atoms with Crippen LogP contribution in [0.4, 0.5) is 19.0 Å². The second-order valence-electron chi connectivity index (χ2n) is 12.7. The Bertz CT molecular complexity index is 1570. The molecule has 0 radical (unpaired) electrons. The number of carbonyl (C=O) groups excluding carboxylic acids is 1. The normalized spacial score (nSPS) is 19.2. The van der Waals surface area contributed by atoms with E-state index in [1.54, 1.807) is 17.6 Å². The molecule has 4 N–H and O–H groups in total. The van der Waals surface area contributed by atoms with Crippen LogP contribution in [0.1, 0.15) is 93.4 Å². The lowest BCUT2D eigenvalue weighted by Gasteiger charge is -2.39. The number of piperidine rings is 1. The molecule has 5 rings (SSSR count). The lowest BCUT2D eigenvalue weighted by Crippen LogP contribution is -2.30. The second kappa shape index (κ2) is 14.8. The van der Waals surface area contributed by atoms with Gasteiger partial charge in [-0.25, -0.2) is 23.1 Å². The van der Waals surface area contributed by atoms with E-state index in [9.17, 15) is 18.7 Å². The Morgan fingerprint density at radius 2 is 1.89 bits per heavy atom. The van der Waals surface area contributed by atoms with Crippen molar-refractivity contribution in [2.75, 3.05) is 29.9 Å². The second-order valence-corrected chi connectivity index (χ2v) is 15.1. The van der Waals surface area contributed by atoms with Crippen LogP contribution < -0.4 is 16.2 Å². The van der Waals surface area contributed by atoms with Gasteiger partial charge in [-0.2, -0.15) is 10.6 Å². The van der Waals surface area contributed by atoms with Crippen LogP contribution >= 0.6 is 10.6 Å². The van der Waals surface area contributed by atoms with E-state index in [4.69, 9.17) is 0 Å². The van der Waals surface area contributed by atoms with Crippen LogP contribution in [0.2, 0.25) is 0 Å².